The molecule has 2 heterocycles. The molecule has 1 fully saturated rings. The van der Waals surface area contributed by atoms with Gasteiger partial charge in [-0.05, 0) is 51.2 Å². The molecule has 19 heavy (non-hydrogen) atoms. The molecule has 1 aromatic rings. The summed E-state index contributed by atoms with van der Waals surface area (Å²) in [5.41, 5.74) is 2.48. The molecule has 0 bridgehead atoms. The van der Waals surface area contributed by atoms with Gasteiger partial charge in [-0.25, -0.2) is 0 Å². The third-order valence-electron chi connectivity index (χ3n) is 4.51. The number of aryl methyl sites for hydroxylation is 1. The highest BCUT2D eigenvalue weighted by molar-refractivity contribution is 5.86. The number of hydrogen-bond acceptors (Lipinski definition) is 2. The van der Waals surface area contributed by atoms with E-state index in [9.17, 15) is 4.79 Å². The van der Waals surface area contributed by atoms with Crippen LogP contribution in [0.3, 0.4) is 0 Å². The van der Waals surface area contributed by atoms with E-state index in [4.69, 9.17) is 0 Å². The van der Waals surface area contributed by atoms with Gasteiger partial charge in [0.1, 0.15) is 6.04 Å². The number of rotatable bonds is 1. The number of fused-ring (bicyclic) bond motifs is 1. The lowest BCUT2D eigenvalue weighted by Crippen LogP contribution is -2.50. The molecule has 0 saturated carbocycles. The minimum atomic E-state index is -0.0488. The first-order valence-electron chi connectivity index (χ1n) is 7.24. The third-order valence-corrected chi connectivity index (χ3v) is 4.51. The molecule has 3 nitrogen and oxygen atoms in total. The van der Waals surface area contributed by atoms with Crippen LogP contribution >= 0.6 is 0 Å². The largest absolute Gasteiger partial charge is 0.373 e. The molecule has 2 aliphatic rings. The summed E-state index contributed by atoms with van der Waals surface area (Å²) >= 11 is 0. The summed E-state index contributed by atoms with van der Waals surface area (Å²) in [6.45, 7) is 5.26. The predicted molar refractivity (Wildman–Crippen MR) is 77.2 cm³/mol. The molecule has 1 aromatic carbocycles. The first-order valence-corrected chi connectivity index (χ1v) is 7.24. The van der Waals surface area contributed by atoms with E-state index >= 15 is 0 Å². The Morgan fingerprint density at radius 2 is 2.16 bits per heavy atom. The number of nitrogens with zero attached hydrogens (tertiary/aromatic N) is 1. The Labute approximate surface area is 115 Å². The number of likely N-dealkylation sites (tertiary alicyclic amines) is 1. The molecule has 0 aliphatic carbocycles. The smallest absolute Gasteiger partial charge is 0.245 e. The summed E-state index contributed by atoms with van der Waals surface area (Å²) in [6.07, 6.45) is 4.14. The number of benzene rings is 1. The van der Waals surface area contributed by atoms with Crippen LogP contribution < -0.4 is 5.32 Å². The molecule has 1 N–H and O–H groups in total. The highest BCUT2D eigenvalue weighted by Crippen LogP contribution is 2.31. The summed E-state index contributed by atoms with van der Waals surface area (Å²) in [5.74, 6) is 0.275. The Kier molecular flexibility index (Phi) is 3.00. The van der Waals surface area contributed by atoms with Crippen LogP contribution in [-0.2, 0) is 11.2 Å². The Bertz CT molecular complexity index is 495. The minimum absolute atomic E-state index is 0.0235. The summed E-state index contributed by atoms with van der Waals surface area (Å²) in [4.78, 5) is 14.8. The Hall–Kier alpha value is -1.51. The van der Waals surface area contributed by atoms with Gasteiger partial charge >= 0.3 is 0 Å². The molecule has 1 amide bonds. The zero-order valence-electron chi connectivity index (χ0n) is 11.8. The highest BCUT2D eigenvalue weighted by Gasteiger charge is 2.38. The zero-order chi connectivity index (χ0) is 13.5. The second kappa shape index (κ2) is 4.55. The van der Waals surface area contributed by atoms with Crippen LogP contribution in [0.4, 0.5) is 5.69 Å². The van der Waals surface area contributed by atoms with E-state index in [1.54, 1.807) is 0 Å². The van der Waals surface area contributed by atoms with Gasteiger partial charge in [0, 0.05) is 17.8 Å². The maximum atomic E-state index is 12.7. The van der Waals surface area contributed by atoms with Crippen molar-refractivity contribution in [2.75, 3.05) is 11.9 Å². The van der Waals surface area contributed by atoms with Crippen LogP contribution in [-0.4, -0.2) is 28.9 Å². The summed E-state index contributed by atoms with van der Waals surface area (Å²) in [5, 5.41) is 3.42. The van der Waals surface area contributed by atoms with E-state index in [0.717, 1.165) is 37.9 Å². The van der Waals surface area contributed by atoms with E-state index in [2.05, 4.69) is 42.3 Å². The number of amides is 1. The zero-order valence-corrected chi connectivity index (χ0v) is 11.8. The molecule has 3 rings (SSSR count). The molecule has 2 aliphatic heterocycles. The van der Waals surface area contributed by atoms with Crippen LogP contribution in [0.25, 0.3) is 0 Å². The molecule has 102 valence electrons. The summed E-state index contributed by atoms with van der Waals surface area (Å²) < 4.78 is 0. The van der Waals surface area contributed by atoms with Gasteiger partial charge in [0.25, 0.3) is 0 Å². The van der Waals surface area contributed by atoms with Crippen molar-refractivity contribution in [1.82, 2.24) is 4.90 Å². The average Bonchev–Trinajstić information content (AvgIpc) is 2.77. The summed E-state index contributed by atoms with van der Waals surface area (Å²) in [7, 11) is 0. The van der Waals surface area contributed by atoms with Crippen LogP contribution in [0.1, 0.15) is 38.7 Å². The van der Waals surface area contributed by atoms with Crippen molar-refractivity contribution in [2.24, 2.45) is 0 Å². The second-order valence-corrected chi connectivity index (χ2v) is 6.30. The van der Waals surface area contributed by atoms with Crippen molar-refractivity contribution >= 4 is 11.6 Å². The molecule has 0 spiro atoms. The average molecular weight is 258 g/mol. The normalized spacial score (nSPS) is 24.7. The van der Waals surface area contributed by atoms with Crippen molar-refractivity contribution in [3.8, 4) is 0 Å². The Balaban J connectivity index is 1.76. The third kappa shape index (κ3) is 2.22. The van der Waals surface area contributed by atoms with Crippen LogP contribution in [0, 0.1) is 0 Å². The van der Waals surface area contributed by atoms with Crippen molar-refractivity contribution in [2.45, 2.75) is 51.1 Å². The fourth-order valence-corrected chi connectivity index (χ4v) is 3.33. The molecule has 3 heteroatoms. The standard InChI is InChI=1S/C16H22N2O/c1-16(2)10-5-11-18(16)15(19)14-9-8-12-6-3-4-7-13(12)17-14/h3-4,6-7,14,17H,5,8-11H2,1-2H3. The molecule has 1 unspecified atom stereocenters. The van der Waals surface area contributed by atoms with E-state index in [-0.39, 0.29) is 17.5 Å². The number of carbonyl (C=O) groups excluding carboxylic acids is 1. The van der Waals surface area contributed by atoms with Gasteiger partial charge in [-0.15, -0.1) is 0 Å². The lowest BCUT2D eigenvalue weighted by Gasteiger charge is -2.36. The molecular weight excluding hydrogens is 236 g/mol. The number of nitrogens with one attached hydrogen (secondary N) is 1. The van der Waals surface area contributed by atoms with E-state index in [0.29, 0.717) is 0 Å². The van der Waals surface area contributed by atoms with E-state index in [1.165, 1.54) is 5.56 Å². The SMILES string of the molecule is CC1(C)CCCN1C(=O)C1CCc2ccccc2N1. The fourth-order valence-electron chi connectivity index (χ4n) is 3.33. The lowest BCUT2D eigenvalue weighted by molar-refractivity contribution is -0.135. The first kappa shape index (κ1) is 12.5. The van der Waals surface area contributed by atoms with Gasteiger partial charge in [-0.2, -0.15) is 0 Å². The molecular formula is C16H22N2O. The van der Waals surface area contributed by atoms with Gasteiger partial charge in [0.05, 0.1) is 0 Å². The topological polar surface area (TPSA) is 32.3 Å². The quantitative estimate of drug-likeness (QED) is 0.840. The van der Waals surface area contributed by atoms with Gasteiger partial charge < -0.3 is 10.2 Å². The Morgan fingerprint density at radius 1 is 1.37 bits per heavy atom. The van der Waals surface area contributed by atoms with Crippen LogP contribution in [0.2, 0.25) is 0 Å². The molecule has 1 saturated heterocycles. The minimum Gasteiger partial charge on any atom is -0.373 e. The van der Waals surface area contributed by atoms with Crippen molar-refractivity contribution in [3.05, 3.63) is 29.8 Å². The van der Waals surface area contributed by atoms with Crippen LogP contribution in [0.15, 0.2) is 24.3 Å². The predicted octanol–water partition coefficient (Wildman–Crippen LogP) is 2.81. The fraction of sp³-hybridized carbons (Fsp3) is 0.562. The van der Waals surface area contributed by atoms with Gasteiger partial charge in [0.2, 0.25) is 5.91 Å². The Morgan fingerprint density at radius 3 is 2.89 bits per heavy atom. The number of para-hydroxylation sites is 1. The number of anilines is 1. The molecule has 0 aromatic heterocycles. The van der Waals surface area contributed by atoms with Crippen molar-refractivity contribution < 1.29 is 4.79 Å². The van der Waals surface area contributed by atoms with Gasteiger partial charge in [0.15, 0.2) is 0 Å². The molecule has 1 atom stereocenters. The summed E-state index contributed by atoms with van der Waals surface area (Å²) in [6, 6.07) is 8.25. The van der Waals surface area contributed by atoms with E-state index in [1.807, 2.05) is 6.07 Å². The number of hydrogen-bond donors (Lipinski definition) is 1. The second-order valence-electron chi connectivity index (χ2n) is 6.30. The molecule has 0 radical (unpaired) electrons. The highest BCUT2D eigenvalue weighted by atomic mass is 16.2. The van der Waals surface area contributed by atoms with E-state index < -0.39 is 0 Å². The van der Waals surface area contributed by atoms with Gasteiger partial charge in [-0.1, -0.05) is 18.2 Å². The number of carbonyl (C=O) groups is 1. The maximum Gasteiger partial charge on any atom is 0.245 e. The van der Waals surface area contributed by atoms with Crippen LogP contribution in [0.5, 0.6) is 0 Å². The lowest BCUT2D eigenvalue weighted by atomic mass is 9.95. The van der Waals surface area contributed by atoms with Gasteiger partial charge in [-0.3, -0.25) is 4.79 Å². The van der Waals surface area contributed by atoms with Crippen molar-refractivity contribution in [1.29, 1.82) is 0 Å². The maximum absolute atomic E-state index is 12.7. The monoisotopic (exact) mass is 258 g/mol. The first-order chi connectivity index (χ1) is 9.08. The van der Waals surface area contributed by atoms with Crippen molar-refractivity contribution in [3.63, 3.8) is 0 Å².